The standard InChI is InChI=1S/C20H19ClN4O2S/c1-13(22-19(27)15-8-10-16(21)11-9-15)18-23-24-20(25(18)2)28-12-17(26)14-6-4-3-5-7-14/h3-11,13H,12H2,1-2H3,(H,22,27)/t13-/m1/s1. The third-order valence-corrected chi connectivity index (χ3v) is 5.41. The van der Waals surface area contributed by atoms with Gasteiger partial charge in [0.15, 0.2) is 16.8 Å². The number of nitrogens with one attached hydrogen (secondary N) is 1. The molecule has 2 aromatic carbocycles. The molecule has 0 aliphatic carbocycles. The number of carbonyl (C=O) groups excluding carboxylic acids is 2. The van der Waals surface area contributed by atoms with Crippen LogP contribution in [-0.4, -0.2) is 32.2 Å². The molecule has 0 bridgehead atoms. The van der Waals surface area contributed by atoms with E-state index in [9.17, 15) is 9.59 Å². The molecule has 0 aliphatic heterocycles. The van der Waals surface area contributed by atoms with Crippen LogP contribution in [0.3, 0.4) is 0 Å². The molecule has 0 fully saturated rings. The summed E-state index contributed by atoms with van der Waals surface area (Å²) in [5.41, 5.74) is 1.18. The minimum Gasteiger partial charge on any atom is -0.342 e. The number of rotatable bonds is 7. The van der Waals surface area contributed by atoms with Crippen molar-refractivity contribution >= 4 is 35.1 Å². The summed E-state index contributed by atoms with van der Waals surface area (Å²) in [6.07, 6.45) is 0. The molecular formula is C20H19ClN4O2S. The first kappa shape index (κ1) is 20.1. The fraction of sp³-hybridized carbons (Fsp3) is 0.200. The molecule has 0 unspecified atom stereocenters. The Hall–Kier alpha value is -2.64. The van der Waals surface area contributed by atoms with Crippen molar-refractivity contribution in [1.82, 2.24) is 20.1 Å². The van der Waals surface area contributed by atoms with Gasteiger partial charge in [0.05, 0.1) is 11.8 Å². The molecule has 1 heterocycles. The van der Waals surface area contributed by atoms with Crippen molar-refractivity contribution in [1.29, 1.82) is 0 Å². The number of hydrogen-bond acceptors (Lipinski definition) is 5. The first-order chi connectivity index (χ1) is 13.5. The Kier molecular flexibility index (Phi) is 6.49. The zero-order valence-electron chi connectivity index (χ0n) is 15.4. The van der Waals surface area contributed by atoms with Gasteiger partial charge in [-0.1, -0.05) is 53.7 Å². The summed E-state index contributed by atoms with van der Waals surface area (Å²) in [6, 6.07) is 15.4. The first-order valence-corrected chi connectivity index (χ1v) is 9.99. The summed E-state index contributed by atoms with van der Waals surface area (Å²) in [6.45, 7) is 1.83. The maximum absolute atomic E-state index is 12.4. The Morgan fingerprint density at radius 2 is 1.75 bits per heavy atom. The number of aromatic nitrogens is 3. The Bertz CT molecular complexity index is 974. The summed E-state index contributed by atoms with van der Waals surface area (Å²) in [5.74, 6) is 0.679. The van der Waals surface area contributed by atoms with Gasteiger partial charge in [-0.3, -0.25) is 9.59 Å². The van der Waals surface area contributed by atoms with E-state index in [4.69, 9.17) is 11.6 Å². The molecule has 0 saturated carbocycles. The van der Waals surface area contributed by atoms with Crippen LogP contribution in [0.2, 0.25) is 5.02 Å². The summed E-state index contributed by atoms with van der Waals surface area (Å²) >= 11 is 7.17. The maximum atomic E-state index is 12.4. The van der Waals surface area contributed by atoms with Gasteiger partial charge in [0.1, 0.15) is 0 Å². The summed E-state index contributed by atoms with van der Waals surface area (Å²) < 4.78 is 1.79. The fourth-order valence-corrected chi connectivity index (χ4v) is 3.55. The van der Waals surface area contributed by atoms with Crippen molar-refractivity contribution in [2.45, 2.75) is 18.1 Å². The Labute approximate surface area is 172 Å². The van der Waals surface area contributed by atoms with Gasteiger partial charge >= 0.3 is 0 Å². The van der Waals surface area contributed by atoms with Gasteiger partial charge in [-0.05, 0) is 31.2 Å². The van der Waals surface area contributed by atoms with Crippen molar-refractivity contribution in [3.63, 3.8) is 0 Å². The van der Waals surface area contributed by atoms with Gasteiger partial charge in [0.2, 0.25) is 0 Å². The van der Waals surface area contributed by atoms with Crippen LogP contribution in [0.25, 0.3) is 0 Å². The molecule has 3 rings (SSSR count). The Morgan fingerprint density at radius 1 is 1.07 bits per heavy atom. The van der Waals surface area contributed by atoms with E-state index in [-0.39, 0.29) is 23.5 Å². The van der Waals surface area contributed by atoms with Crippen molar-refractivity contribution in [3.05, 3.63) is 76.6 Å². The smallest absolute Gasteiger partial charge is 0.251 e. The van der Waals surface area contributed by atoms with Crippen molar-refractivity contribution in [3.8, 4) is 0 Å². The molecule has 28 heavy (non-hydrogen) atoms. The zero-order chi connectivity index (χ0) is 20.1. The zero-order valence-corrected chi connectivity index (χ0v) is 17.0. The van der Waals surface area contributed by atoms with Crippen molar-refractivity contribution < 1.29 is 9.59 Å². The fourth-order valence-electron chi connectivity index (χ4n) is 2.61. The maximum Gasteiger partial charge on any atom is 0.251 e. The van der Waals surface area contributed by atoms with Crippen LogP contribution in [0, 0.1) is 0 Å². The second-order valence-corrected chi connectivity index (χ2v) is 7.56. The highest BCUT2D eigenvalue weighted by Gasteiger charge is 2.19. The quantitative estimate of drug-likeness (QED) is 0.468. The van der Waals surface area contributed by atoms with E-state index in [1.165, 1.54) is 11.8 Å². The third kappa shape index (κ3) is 4.79. The Morgan fingerprint density at radius 3 is 2.43 bits per heavy atom. The van der Waals surface area contributed by atoms with Crippen LogP contribution in [0.5, 0.6) is 0 Å². The number of ketones is 1. The van der Waals surface area contributed by atoms with Crippen LogP contribution in [-0.2, 0) is 7.05 Å². The normalized spacial score (nSPS) is 11.8. The van der Waals surface area contributed by atoms with Gasteiger partial charge in [-0.2, -0.15) is 0 Å². The number of benzene rings is 2. The predicted molar refractivity (Wildman–Crippen MR) is 110 cm³/mol. The van der Waals surface area contributed by atoms with Gasteiger partial charge in [-0.15, -0.1) is 10.2 Å². The van der Waals surface area contributed by atoms with E-state index in [2.05, 4.69) is 15.5 Å². The molecule has 1 amide bonds. The van der Waals surface area contributed by atoms with E-state index in [1.807, 2.05) is 32.2 Å². The molecule has 3 aromatic rings. The molecule has 0 spiro atoms. The van der Waals surface area contributed by atoms with Crippen LogP contribution < -0.4 is 5.32 Å². The van der Waals surface area contributed by atoms with Gasteiger partial charge in [-0.25, -0.2) is 0 Å². The molecule has 1 N–H and O–H groups in total. The summed E-state index contributed by atoms with van der Waals surface area (Å²) in [4.78, 5) is 24.6. The number of nitrogens with zero attached hydrogens (tertiary/aromatic N) is 3. The van der Waals surface area contributed by atoms with E-state index in [1.54, 1.807) is 41.0 Å². The lowest BCUT2D eigenvalue weighted by Crippen LogP contribution is -2.28. The summed E-state index contributed by atoms with van der Waals surface area (Å²) in [7, 11) is 1.82. The molecular weight excluding hydrogens is 396 g/mol. The SMILES string of the molecule is C[C@@H](NC(=O)c1ccc(Cl)cc1)c1nnc(SCC(=O)c2ccccc2)n1C. The highest BCUT2D eigenvalue weighted by atomic mass is 35.5. The van der Waals surface area contributed by atoms with Gasteiger partial charge in [0.25, 0.3) is 5.91 Å². The molecule has 1 aromatic heterocycles. The first-order valence-electron chi connectivity index (χ1n) is 8.62. The van der Waals surface area contributed by atoms with Crippen LogP contribution in [0.15, 0.2) is 59.8 Å². The highest BCUT2D eigenvalue weighted by Crippen LogP contribution is 2.20. The molecule has 144 valence electrons. The number of amides is 1. The molecule has 0 aliphatic rings. The van der Waals surface area contributed by atoms with E-state index < -0.39 is 0 Å². The lowest BCUT2D eigenvalue weighted by molar-refractivity contribution is 0.0937. The average Bonchev–Trinajstić information content (AvgIpc) is 3.07. The number of hydrogen-bond donors (Lipinski definition) is 1. The number of Topliss-reactive ketones (excluding diaryl/α,β-unsaturated/α-hetero) is 1. The highest BCUT2D eigenvalue weighted by molar-refractivity contribution is 7.99. The van der Waals surface area contributed by atoms with Crippen LogP contribution in [0.1, 0.15) is 39.5 Å². The molecule has 6 nitrogen and oxygen atoms in total. The minimum atomic E-state index is -0.347. The lowest BCUT2D eigenvalue weighted by Gasteiger charge is -2.13. The molecule has 1 atom stereocenters. The Balaban J connectivity index is 1.62. The van der Waals surface area contributed by atoms with E-state index >= 15 is 0 Å². The topological polar surface area (TPSA) is 76.9 Å². The summed E-state index contributed by atoms with van der Waals surface area (Å²) in [5, 5.41) is 12.4. The van der Waals surface area contributed by atoms with Crippen LogP contribution in [0.4, 0.5) is 0 Å². The monoisotopic (exact) mass is 414 g/mol. The third-order valence-electron chi connectivity index (χ3n) is 4.14. The number of halogens is 1. The van der Waals surface area contributed by atoms with Crippen LogP contribution >= 0.6 is 23.4 Å². The van der Waals surface area contributed by atoms with Gasteiger partial charge in [0, 0.05) is 23.2 Å². The second-order valence-electron chi connectivity index (χ2n) is 6.18. The van der Waals surface area contributed by atoms with Crippen molar-refractivity contribution in [2.75, 3.05) is 5.75 Å². The minimum absolute atomic E-state index is 0.0271. The number of carbonyl (C=O) groups is 2. The second kappa shape index (κ2) is 9.03. The lowest BCUT2D eigenvalue weighted by atomic mass is 10.2. The number of thioether (sulfide) groups is 1. The van der Waals surface area contributed by atoms with Gasteiger partial charge < -0.3 is 9.88 Å². The molecule has 0 saturated heterocycles. The van der Waals surface area contributed by atoms with E-state index in [0.29, 0.717) is 27.1 Å². The average molecular weight is 415 g/mol. The van der Waals surface area contributed by atoms with E-state index in [0.717, 1.165) is 0 Å². The van der Waals surface area contributed by atoms with Crippen molar-refractivity contribution in [2.24, 2.45) is 7.05 Å². The molecule has 8 heteroatoms. The largest absolute Gasteiger partial charge is 0.342 e. The molecule has 0 radical (unpaired) electrons. The predicted octanol–water partition coefficient (Wildman–Crippen LogP) is 3.93.